The molecule has 0 amide bonds. The Kier molecular flexibility index (Phi) is 7.56. The minimum atomic E-state index is 0.739. The summed E-state index contributed by atoms with van der Waals surface area (Å²) in [7, 11) is 0. The molecule has 0 radical (unpaired) electrons. The van der Waals surface area contributed by atoms with Gasteiger partial charge in [-0.1, -0.05) is 69.7 Å². The van der Waals surface area contributed by atoms with Crippen molar-refractivity contribution in [1.29, 1.82) is 0 Å². The average molecular weight is 300 g/mol. The molecule has 0 spiro atoms. The fourth-order valence-corrected chi connectivity index (χ4v) is 3.68. The molecule has 22 heavy (non-hydrogen) atoms. The topological polar surface area (TPSA) is 9.23 Å². The van der Waals surface area contributed by atoms with Gasteiger partial charge in [-0.25, -0.2) is 0 Å². The molecule has 0 N–H and O–H groups in total. The molecule has 1 aliphatic rings. The van der Waals surface area contributed by atoms with Gasteiger partial charge in [0.2, 0.25) is 0 Å². The lowest BCUT2D eigenvalue weighted by Crippen LogP contribution is -2.15. The SMILES string of the molecule is C=CCCOc1ccccc1CC[C@H]1CC[C@H](CCC)CC1. The zero-order valence-electron chi connectivity index (χ0n) is 14.2. The lowest BCUT2D eigenvalue weighted by molar-refractivity contribution is 0.251. The lowest BCUT2D eigenvalue weighted by atomic mass is 9.78. The Morgan fingerprint density at radius 2 is 1.77 bits per heavy atom. The van der Waals surface area contributed by atoms with Gasteiger partial charge >= 0.3 is 0 Å². The summed E-state index contributed by atoms with van der Waals surface area (Å²) in [4.78, 5) is 0. The summed E-state index contributed by atoms with van der Waals surface area (Å²) in [5.74, 6) is 3.01. The summed E-state index contributed by atoms with van der Waals surface area (Å²) < 4.78 is 5.90. The number of para-hydroxylation sites is 1. The molecule has 2 rings (SSSR count). The molecule has 1 saturated carbocycles. The van der Waals surface area contributed by atoms with E-state index >= 15 is 0 Å². The molecule has 1 aromatic rings. The van der Waals surface area contributed by atoms with Crippen LogP contribution in [-0.4, -0.2) is 6.61 Å². The fraction of sp³-hybridized carbons (Fsp3) is 0.619. The van der Waals surface area contributed by atoms with Crippen LogP contribution < -0.4 is 4.74 Å². The van der Waals surface area contributed by atoms with Crippen molar-refractivity contribution in [3.05, 3.63) is 42.5 Å². The first-order valence-corrected chi connectivity index (χ1v) is 9.15. The predicted molar refractivity (Wildman–Crippen MR) is 95.4 cm³/mol. The van der Waals surface area contributed by atoms with E-state index in [-0.39, 0.29) is 0 Å². The van der Waals surface area contributed by atoms with Crippen molar-refractivity contribution >= 4 is 0 Å². The Balaban J connectivity index is 1.78. The molecule has 1 fully saturated rings. The van der Waals surface area contributed by atoms with Crippen molar-refractivity contribution < 1.29 is 4.74 Å². The van der Waals surface area contributed by atoms with E-state index in [2.05, 4.69) is 37.8 Å². The molecule has 0 aliphatic heterocycles. The van der Waals surface area contributed by atoms with Crippen molar-refractivity contribution in [3.8, 4) is 5.75 Å². The van der Waals surface area contributed by atoms with Crippen molar-refractivity contribution in [1.82, 2.24) is 0 Å². The summed E-state index contributed by atoms with van der Waals surface area (Å²) in [5.41, 5.74) is 1.38. The van der Waals surface area contributed by atoms with Crippen LogP contribution in [0.5, 0.6) is 5.75 Å². The number of rotatable bonds is 9. The molecule has 0 atom stereocenters. The molecule has 0 heterocycles. The maximum absolute atomic E-state index is 5.90. The summed E-state index contributed by atoms with van der Waals surface area (Å²) in [5, 5.41) is 0. The van der Waals surface area contributed by atoms with E-state index in [9.17, 15) is 0 Å². The zero-order valence-corrected chi connectivity index (χ0v) is 14.2. The Morgan fingerprint density at radius 3 is 2.45 bits per heavy atom. The molecule has 0 bridgehead atoms. The molecule has 1 heteroatoms. The van der Waals surface area contributed by atoms with E-state index in [1.54, 1.807) is 0 Å². The van der Waals surface area contributed by atoms with Crippen LogP contribution in [0.2, 0.25) is 0 Å². The van der Waals surface area contributed by atoms with E-state index in [4.69, 9.17) is 4.74 Å². The van der Waals surface area contributed by atoms with Crippen molar-refractivity contribution in [3.63, 3.8) is 0 Å². The monoisotopic (exact) mass is 300 g/mol. The quantitative estimate of drug-likeness (QED) is 0.391. The second-order valence-corrected chi connectivity index (χ2v) is 6.75. The molecule has 0 unspecified atom stereocenters. The van der Waals surface area contributed by atoms with Gasteiger partial charge in [-0.3, -0.25) is 0 Å². The van der Waals surface area contributed by atoms with Crippen molar-refractivity contribution in [2.75, 3.05) is 6.61 Å². The second-order valence-electron chi connectivity index (χ2n) is 6.75. The fourth-order valence-electron chi connectivity index (χ4n) is 3.68. The molecule has 1 aromatic carbocycles. The Labute approximate surface area is 136 Å². The van der Waals surface area contributed by atoms with Crippen molar-refractivity contribution in [2.24, 2.45) is 11.8 Å². The first-order chi connectivity index (χ1) is 10.8. The van der Waals surface area contributed by atoms with Gasteiger partial charge in [0.15, 0.2) is 0 Å². The number of ether oxygens (including phenoxy) is 1. The van der Waals surface area contributed by atoms with Gasteiger partial charge < -0.3 is 4.74 Å². The Morgan fingerprint density at radius 1 is 1.09 bits per heavy atom. The van der Waals surface area contributed by atoms with Gasteiger partial charge in [-0.05, 0) is 42.7 Å². The minimum Gasteiger partial charge on any atom is -0.493 e. The van der Waals surface area contributed by atoms with Gasteiger partial charge in [-0.2, -0.15) is 0 Å². The Hall–Kier alpha value is -1.24. The van der Waals surface area contributed by atoms with Crippen molar-refractivity contribution in [2.45, 2.75) is 64.7 Å². The normalized spacial score (nSPS) is 21.5. The number of aryl methyl sites for hydroxylation is 1. The minimum absolute atomic E-state index is 0.739. The van der Waals surface area contributed by atoms with Crippen LogP contribution in [0.1, 0.15) is 63.9 Å². The molecule has 0 aromatic heterocycles. The van der Waals surface area contributed by atoms with Crippen LogP contribution in [-0.2, 0) is 6.42 Å². The van der Waals surface area contributed by atoms with Gasteiger partial charge in [-0.15, -0.1) is 6.58 Å². The standard InChI is InChI=1S/C21H32O/c1-3-5-17-22-21-10-7-6-9-20(21)16-15-19-13-11-18(8-4-2)12-14-19/h3,6-7,9-10,18-19H,1,4-5,8,11-17H2,2H3/t18-,19-. The van der Waals surface area contributed by atoms with E-state index in [1.165, 1.54) is 50.5 Å². The predicted octanol–water partition coefficient (Wildman–Crippen LogP) is 6.18. The first-order valence-electron chi connectivity index (χ1n) is 9.15. The third-order valence-electron chi connectivity index (χ3n) is 5.04. The average Bonchev–Trinajstić information content (AvgIpc) is 2.56. The van der Waals surface area contributed by atoms with Crippen LogP contribution in [0.25, 0.3) is 0 Å². The van der Waals surface area contributed by atoms with Crippen LogP contribution in [0.15, 0.2) is 36.9 Å². The largest absolute Gasteiger partial charge is 0.493 e. The number of hydrogen-bond acceptors (Lipinski definition) is 1. The number of benzene rings is 1. The third-order valence-corrected chi connectivity index (χ3v) is 5.04. The highest BCUT2D eigenvalue weighted by Crippen LogP contribution is 2.34. The molecular weight excluding hydrogens is 268 g/mol. The molecule has 122 valence electrons. The molecular formula is C21H32O. The highest BCUT2D eigenvalue weighted by molar-refractivity contribution is 5.33. The van der Waals surface area contributed by atoms with Crippen LogP contribution in [0.4, 0.5) is 0 Å². The Bertz CT molecular complexity index is 429. The van der Waals surface area contributed by atoms with E-state index in [0.717, 1.165) is 37.0 Å². The van der Waals surface area contributed by atoms with E-state index in [0.29, 0.717) is 0 Å². The summed E-state index contributed by atoms with van der Waals surface area (Å²) in [6, 6.07) is 8.54. The van der Waals surface area contributed by atoms with Crippen LogP contribution >= 0.6 is 0 Å². The van der Waals surface area contributed by atoms with Gasteiger partial charge in [0, 0.05) is 0 Å². The van der Waals surface area contributed by atoms with Gasteiger partial charge in [0.25, 0.3) is 0 Å². The third kappa shape index (κ3) is 5.51. The lowest BCUT2D eigenvalue weighted by Gasteiger charge is -2.28. The summed E-state index contributed by atoms with van der Waals surface area (Å²) >= 11 is 0. The van der Waals surface area contributed by atoms with Gasteiger partial charge in [0.1, 0.15) is 5.75 Å². The highest BCUT2D eigenvalue weighted by Gasteiger charge is 2.20. The first kappa shape index (κ1) is 17.1. The van der Waals surface area contributed by atoms with Crippen LogP contribution in [0.3, 0.4) is 0 Å². The molecule has 0 saturated heterocycles. The maximum atomic E-state index is 5.90. The number of hydrogen-bond donors (Lipinski definition) is 0. The maximum Gasteiger partial charge on any atom is 0.122 e. The zero-order chi connectivity index (χ0) is 15.6. The molecule has 1 aliphatic carbocycles. The summed E-state index contributed by atoms with van der Waals surface area (Å²) in [6.45, 7) is 6.80. The van der Waals surface area contributed by atoms with E-state index < -0.39 is 0 Å². The van der Waals surface area contributed by atoms with E-state index in [1.807, 2.05) is 6.08 Å². The van der Waals surface area contributed by atoms with Crippen LogP contribution in [0, 0.1) is 11.8 Å². The van der Waals surface area contributed by atoms with Gasteiger partial charge in [0.05, 0.1) is 6.61 Å². The second kappa shape index (κ2) is 9.71. The molecule has 1 nitrogen and oxygen atoms in total. The highest BCUT2D eigenvalue weighted by atomic mass is 16.5. The summed E-state index contributed by atoms with van der Waals surface area (Å²) in [6.07, 6.45) is 13.9. The smallest absolute Gasteiger partial charge is 0.122 e.